The molecule has 33 heavy (non-hydrogen) atoms. The van der Waals surface area contributed by atoms with E-state index in [4.69, 9.17) is 9.15 Å². The van der Waals surface area contributed by atoms with Crippen molar-refractivity contribution in [1.29, 1.82) is 0 Å². The highest BCUT2D eigenvalue weighted by Crippen LogP contribution is 2.24. The molecule has 2 heterocycles. The number of allylic oxidation sites excluding steroid dienone is 3. The molecule has 0 unspecified atom stereocenters. The number of aliphatic hydroxyl groups is 2. The molecule has 0 aliphatic carbocycles. The number of rotatable bonds is 2. The highest BCUT2D eigenvalue weighted by atomic mass is 16.5. The van der Waals surface area contributed by atoms with Crippen LogP contribution in [0.25, 0.3) is 6.08 Å². The van der Waals surface area contributed by atoms with Gasteiger partial charge in [0.1, 0.15) is 23.8 Å². The van der Waals surface area contributed by atoms with Gasteiger partial charge in [0, 0.05) is 25.2 Å². The van der Waals surface area contributed by atoms with E-state index in [9.17, 15) is 19.8 Å². The van der Waals surface area contributed by atoms with Crippen LogP contribution in [0.4, 0.5) is 0 Å². The Morgan fingerprint density at radius 2 is 1.85 bits per heavy atom. The standard InChI is InChI=1S/C26H37NO6/c1-15-8-7-9-16(2)25(31)19(5)23(29)12-22(28)13-24(30)33-26(17(3)10-15)18(4)11-21-14-32-20(6)27-21/h7-8,10-11,14,16-17,19,22,25-26,28,31H,9,12-13H2,1-6H3/t16-,17-,19-,22+,25-,26-/m0/s1. The quantitative estimate of drug-likeness (QED) is 0.638. The molecule has 2 rings (SSSR count). The third kappa shape index (κ3) is 8.09. The van der Waals surface area contributed by atoms with E-state index in [-0.39, 0.29) is 30.5 Å². The Hall–Kier alpha value is -2.51. The average Bonchev–Trinajstić information content (AvgIpc) is 3.14. The van der Waals surface area contributed by atoms with Gasteiger partial charge in [0.25, 0.3) is 0 Å². The van der Waals surface area contributed by atoms with Gasteiger partial charge in [0.15, 0.2) is 5.89 Å². The van der Waals surface area contributed by atoms with Crippen molar-refractivity contribution in [1.82, 2.24) is 4.98 Å². The van der Waals surface area contributed by atoms with Gasteiger partial charge < -0.3 is 19.4 Å². The topological polar surface area (TPSA) is 110 Å². The number of hydrogen-bond acceptors (Lipinski definition) is 7. The summed E-state index contributed by atoms with van der Waals surface area (Å²) in [5.41, 5.74) is 2.41. The lowest BCUT2D eigenvalue weighted by atomic mass is 9.86. The average molecular weight is 460 g/mol. The molecular weight excluding hydrogens is 422 g/mol. The summed E-state index contributed by atoms with van der Waals surface area (Å²) in [7, 11) is 0. The van der Waals surface area contributed by atoms with Crippen LogP contribution >= 0.6 is 0 Å². The number of oxazole rings is 1. The van der Waals surface area contributed by atoms with Crippen molar-refractivity contribution in [2.24, 2.45) is 17.8 Å². The molecule has 0 amide bonds. The summed E-state index contributed by atoms with van der Waals surface area (Å²) in [6.45, 7) is 11.1. The van der Waals surface area contributed by atoms with E-state index in [0.717, 1.165) is 11.1 Å². The number of aryl methyl sites for hydroxylation is 1. The SMILES string of the molecule is CC1=C[C@H](C)[C@@H](C(C)=Cc2coc(C)n2)OC(=O)C[C@H](O)CC(=O)[C@H](C)[C@@H](O)[C@@H](C)CC=C1. The van der Waals surface area contributed by atoms with Crippen molar-refractivity contribution in [2.75, 3.05) is 0 Å². The molecule has 0 spiro atoms. The Morgan fingerprint density at radius 3 is 2.48 bits per heavy atom. The minimum absolute atomic E-state index is 0.121. The van der Waals surface area contributed by atoms with E-state index in [0.29, 0.717) is 18.0 Å². The van der Waals surface area contributed by atoms with Crippen molar-refractivity contribution in [3.05, 3.63) is 47.2 Å². The third-order valence-corrected chi connectivity index (χ3v) is 6.05. The Balaban J connectivity index is 2.35. The normalized spacial score (nSPS) is 31.3. The van der Waals surface area contributed by atoms with Crippen LogP contribution in [0, 0.1) is 24.7 Å². The Bertz CT molecular complexity index is 912. The maximum Gasteiger partial charge on any atom is 0.309 e. The van der Waals surface area contributed by atoms with E-state index in [1.54, 1.807) is 13.8 Å². The van der Waals surface area contributed by atoms with Crippen LogP contribution < -0.4 is 0 Å². The van der Waals surface area contributed by atoms with Gasteiger partial charge in [-0.15, -0.1) is 0 Å². The van der Waals surface area contributed by atoms with E-state index >= 15 is 0 Å². The van der Waals surface area contributed by atoms with Gasteiger partial charge in [-0.2, -0.15) is 0 Å². The molecule has 182 valence electrons. The minimum atomic E-state index is -1.17. The molecule has 1 aliphatic rings. The smallest absolute Gasteiger partial charge is 0.309 e. The molecule has 7 nitrogen and oxygen atoms in total. The molecule has 7 heteroatoms. The lowest BCUT2D eigenvalue weighted by molar-refractivity contribution is -0.151. The Labute approximate surface area is 196 Å². The lowest BCUT2D eigenvalue weighted by Crippen LogP contribution is -2.34. The fourth-order valence-electron chi connectivity index (χ4n) is 4.10. The van der Waals surface area contributed by atoms with Crippen LogP contribution in [-0.2, 0) is 14.3 Å². The number of Topliss-reactive ketones (excluding diaryl/α,β-unsaturated/α-hetero) is 1. The van der Waals surface area contributed by atoms with Gasteiger partial charge in [-0.1, -0.05) is 44.6 Å². The summed E-state index contributed by atoms with van der Waals surface area (Å²) < 4.78 is 11.0. The number of hydrogen-bond donors (Lipinski definition) is 2. The van der Waals surface area contributed by atoms with Gasteiger partial charge in [0.2, 0.25) is 0 Å². The van der Waals surface area contributed by atoms with Crippen LogP contribution in [-0.4, -0.2) is 45.3 Å². The van der Waals surface area contributed by atoms with Crippen molar-refractivity contribution < 1.29 is 29.0 Å². The lowest BCUT2D eigenvalue weighted by Gasteiger charge is -2.26. The van der Waals surface area contributed by atoms with Gasteiger partial charge in [-0.3, -0.25) is 9.59 Å². The third-order valence-electron chi connectivity index (χ3n) is 6.05. The fourth-order valence-corrected chi connectivity index (χ4v) is 4.10. The maximum absolute atomic E-state index is 12.7. The summed E-state index contributed by atoms with van der Waals surface area (Å²) in [4.78, 5) is 29.5. The van der Waals surface area contributed by atoms with Gasteiger partial charge in [0.05, 0.1) is 18.6 Å². The fraction of sp³-hybridized carbons (Fsp3) is 0.577. The molecule has 6 atom stereocenters. The van der Waals surface area contributed by atoms with Crippen molar-refractivity contribution in [2.45, 2.75) is 79.1 Å². The molecule has 0 saturated heterocycles. The van der Waals surface area contributed by atoms with Gasteiger partial charge in [-0.25, -0.2) is 4.98 Å². The molecule has 0 fully saturated rings. The van der Waals surface area contributed by atoms with Gasteiger partial charge in [-0.05, 0) is 37.8 Å². The van der Waals surface area contributed by atoms with Crippen LogP contribution in [0.1, 0.15) is 65.5 Å². The molecule has 0 saturated carbocycles. The Kier molecular flexibility index (Phi) is 9.80. The molecule has 0 aromatic carbocycles. The molecule has 0 radical (unpaired) electrons. The minimum Gasteiger partial charge on any atom is -0.457 e. The number of ketones is 1. The first-order chi connectivity index (χ1) is 15.5. The summed E-state index contributed by atoms with van der Waals surface area (Å²) in [5, 5.41) is 20.9. The number of aliphatic hydroxyl groups excluding tert-OH is 2. The van der Waals surface area contributed by atoms with E-state index < -0.39 is 30.2 Å². The monoisotopic (exact) mass is 459 g/mol. The van der Waals surface area contributed by atoms with E-state index in [1.807, 2.05) is 52.0 Å². The number of carbonyl (C=O) groups excluding carboxylic acids is 2. The van der Waals surface area contributed by atoms with Crippen LogP contribution in [0.2, 0.25) is 0 Å². The molecule has 1 aromatic rings. The number of nitrogens with zero attached hydrogens (tertiary/aromatic N) is 1. The van der Waals surface area contributed by atoms with E-state index in [1.165, 1.54) is 6.26 Å². The van der Waals surface area contributed by atoms with Crippen LogP contribution in [0.15, 0.2) is 40.1 Å². The first-order valence-electron chi connectivity index (χ1n) is 11.5. The van der Waals surface area contributed by atoms with Crippen molar-refractivity contribution in [3.63, 3.8) is 0 Å². The molecule has 1 aliphatic heterocycles. The number of cyclic esters (lactones) is 1. The van der Waals surface area contributed by atoms with E-state index in [2.05, 4.69) is 4.98 Å². The maximum atomic E-state index is 12.7. The van der Waals surface area contributed by atoms with Crippen molar-refractivity contribution >= 4 is 17.8 Å². The largest absolute Gasteiger partial charge is 0.457 e. The van der Waals surface area contributed by atoms with Crippen LogP contribution in [0.5, 0.6) is 0 Å². The highest BCUT2D eigenvalue weighted by Gasteiger charge is 2.29. The zero-order chi connectivity index (χ0) is 24.7. The Morgan fingerprint density at radius 1 is 1.15 bits per heavy atom. The van der Waals surface area contributed by atoms with Crippen LogP contribution in [0.3, 0.4) is 0 Å². The molecular formula is C26H37NO6. The molecule has 0 bridgehead atoms. The number of carbonyl (C=O) groups is 2. The zero-order valence-electron chi connectivity index (χ0n) is 20.4. The summed E-state index contributed by atoms with van der Waals surface area (Å²) in [5.74, 6) is -1.23. The zero-order valence-corrected chi connectivity index (χ0v) is 20.4. The summed E-state index contributed by atoms with van der Waals surface area (Å²) >= 11 is 0. The first kappa shape index (κ1) is 26.7. The van der Waals surface area contributed by atoms with Gasteiger partial charge >= 0.3 is 5.97 Å². The molecule has 1 aromatic heterocycles. The van der Waals surface area contributed by atoms with Crippen molar-refractivity contribution in [3.8, 4) is 0 Å². The molecule has 2 N–H and O–H groups in total. The second kappa shape index (κ2) is 12.1. The summed E-state index contributed by atoms with van der Waals surface area (Å²) in [6.07, 6.45) is 6.87. The second-order valence-corrected chi connectivity index (χ2v) is 9.28. The number of ether oxygens (including phenoxy) is 1. The predicted molar refractivity (Wildman–Crippen MR) is 126 cm³/mol. The number of esters is 1. The first-order valence-corrected chi connectivity index (χ1v) is 11.5. The highest BCUT2D eigenvalue weighted by molar-refractivity contribution is 5.82. The predicted octanol–water partition coefficient (Wildman–Crippen LogP) is 4.18. The summed E-state index contributed by atoms with van der Waals surface area (Å²) in [6, 6.07) is 0. The second-order valence-electron chi connectivity index (χ2n) is 9.28. The number of aromatic nitrogens is 1.